The Kier molecular flexibility index (Phi) is 9.32. The minimum atomic E-state index is 0. The first-order valence-corrected chi connectivity index (χ1v) is 10.4. The smallest absolute Gasteiger partial charge is 1.00 e. The molecule has 0 aromatic heterocycles. The van der Waals surface area contributed by atoms with Gasteiger partial charge in [-0.2, -0.15) is 0 Å². The predicted octanol–water partition coefficient (Wildman–Crippen LogP) is -1.51. The van der Waals surface area contributed by atoms with E-state index in [0.29, 0.717) is 0 Å². The van der Waals surface area contributed by atoms with Crippen LogP contribution in [0.5, 0.6) is 0 Å². The Labute approximate surface area is 221 Å². The minimum absolute atomic E-state index is 0. The molecule has 1 radical (unpaired) electrons. The van der Waals surface area contributed by atoms with Crippen molar-refractivity contribution in [3.05, 3.63) is 110 Å². The molecule has 1 N–H and O–H groups in total. The Morgan fingerprint density at radius 1 is 0.906 bits per heavy atom. The van der Waals surface area contributed by atoms with Gasteiger partial charge in [0.2, 0.25) is 0 Å². The molecule has 161 valence electrons. The van der Waals surface area contributed by atoms with Crippen LogP contribution in [0.2, 0.25) is 0 Å². The molecule has 0 saturated carbocycles. The van der Waals surface area contributed by atoms with E-state index >= 15 is 0 Å². The number of rotatable bonds is 4. The van der Waals surface area contributed by atoms with E-state index < -0.39 is 0 Å². The number of fused-ring (bicyclic) bond motifs is 3. The van der Waals surface area contributed by atoms with Crippen LogP contribution < -0.4 is 35.3 Å². The summed E-state index contributed by atoms with van der Waals surface area (Å²) in [5.41, 5.74) is 7.99. The maximum Gasteiger partial charge on any atom is 3.00 e. The first kappa shape index (κ1) is 26.8. The fourth-order valence-corrected chi connectivity index (χ4v) is 4.87. The maximum absolute atomic E-state index is 9.36. The topological polar surface area (TPSA) is 20.2 Å². The van der Waals surface area contributed by atoms with E-state index in [9.17, 15) is 5.11 Å². The van der Waals surface area contributed by atoms with Crippen LogP contribution >= 0.6 is 0 Å². The van der Waals surface area contributed by atoms with Crippen LogP contribution in [0.1, 0.15) is 54.9 Å². The zero-order chi connectivity index (χ0) is 20.0. The first-order valence-electron chi connectivity index (χ1n) is 10.4. The maximum atomic E-state index is 9.36. The molecule has 5 rings (SSSR count). The van der Waals surface area contributed by atoms with E-state index in [-0.39, 0.29) is 63.5 Å². The second-order valence-electron chi connectivity index (χ2n) is 8.20. The Bertz CT molecular complexity index is 1370. The molecule has 0 fully saturated rings. The molecule has 1 atom stereocenters. The summed E-state index contributed by atoms with van der Waals surface area (Å²) in [5, 5.41) is 14.4. The van der Waals surface area contributed by atoms with Crippen LogP contribution in [0.3, 0.4) is 0 Å². The third-order valence-corrected chi connectivity index (χ3v) is 6.19. The molecular formula is C28H25Cl2OZr. The van der Waals surface area contributed by atoms with Gasteiger partial charge in [0.1, 0.15) is 0 Å². The number of benzene rings is 3. The van der Waals surface area contributed by atoms with Crippen molar-refractivity contribution < 1.29 is 56.1 Å². The van der Waals surface area contributed by atoms with Crippen molar-refractivity contribution in [1.29, 1.82) is 0 Å². The summed E-state index contributed by atoms with van der Waals surface area (Å²) in [6.45, 7) is 4.63. The molecule has 0 spiro atoms. The number of aliphatic hydroxyl groups excluding tert-OH is 1. The summed E-state index contributed by atoms with van der Waals surface area (Å²) in [6, 6.07) is 21.9. The second kappa shape index (κ2) is 11.1. The summed E-state index contributed by atoms with van der Waals surface area (Å²) in [5.74, 6) is 0.224. The molecule has 0 bridgehead atoms. The average Bonchev–Trinajstić information content (AvgIpc) is 3.30. The van der Waals surface area contributed by atoms with E-state index in [0.717, 1.165) is 12.8 Å². The van der Waals surface area contributed by atoms with Crippen LogP contribution in [0.15, 0.2) is 66.7 Å². The summed E-state index contributed by atoms with van der Waals surface area (Å²) < 4.78 is 0. The largest absolute Gasteiger partial charge is 3.00 e. The average molecular weight is 540 g/mol. The standard InChI is InChI=1S/C28H25O.2ClH.Zr/c1-18(2)21-13-14-25-23-10-4-3-8-19(23)16-27(25)28(21)26-17-20(9-7-15-29)22-11-5-6-12-24(22)26;;;/h3-6,8,10-14,17,26,29H,7,9,15H2,1-2H3;2*1H;/q-1;;;+3/p-2. The number of hydrogen-bond acceptors (Lipinski definition) is 1. The third kappa shape index (κ3) is 4.48. The summed E-state index contributed by atoms with van der Waals surface area (Å²) in [6.07, 6.45) is 7.86. The molecule has 4 heteroatoms. The van der Waals surface area contributed by atoms with E-state index in [4.69, 9.17) is 0 Å². The van der Waals surface area contributed by atoms with E-state index in [1.54, 1.807) is 0 Å². The molecule has 3 aromatic rings. The molecule has 1 nitrogen and oxygen atoms in total. The van der Waals surface area contributed by atoms with Crippen LogP contribution in [-0.4, -0.2) is 11.7 Å². The van der Waals surface area contributed by atoms with Crippen molar-refractivity contribution in [3.8, 4) is 0 Å². The molecule has 0 saturated heterocycles. The normalized spacial score (nSPS) is 14.5. The van der Waals surface area contributed by atoms with Gasteiger partial charge in [0.25, 0.3) is 0 Å². The Morgan fingerprint density at radius 2 is 1.62 bits per heavy atom. The van der Waals surface area contributed by atoms with Gasteiger partial charge in [0.05, 0.1) is 0 Å². The molecule has 0 amide bonds. The SMILES string of the molecule is CC(C)=c1ccc2c(c1C1C=C(CCCO)c3ccccc31)[C-]=c1ccccc1=2.[Cl-].[Cl-].[Zr+3]. The van der Waals surface area contributed by atoms with Crippen LogP contribution in [0, 0.1) is 10.4 Å². The van der Waals surface area contributed by atoms with Crippen molar-refractivity contribution in [2.24, 2.45) is 0 Å². The predicted molar refractivity (Wildman–Crippen MR) is 120 cm³/mol. The van der Waals surface area contributed by atoms with Gasteiger partial charge in [-0.15, -0.1) is 33.4 Å². The molecule has 32 heavy (non-hydrogen) atoms. The van der Waals surface area contributed by atoms with Gasteiger partial charge >= 0.3 is 26.2 Å². The van der Waals surface area contributed by atoms with Crippen molar-refractivity contribution >= 4 is 17.2 Å². The van der Waals surface area contributed by atoms with Gasteiger partial charge in [-0.25, -0.2) is 0 Å². The Hall–Kier alpha value is -1.44. The molecule has 3 aromatic carbocycles. The molecule has 0 heterocycles. The van der Waals surface area contributed by atoms with Gasteiger partial charge < -0.3 is 29.9 Å². The summed E-state index contributed by atoms with van der Waals surface area (Å²) in [7, 11) is 0. The molecule has 1 unspecified atom stereocenters. The van der Waals surface area contributed by atoms with Gasteiger partial charge in [-0.1, -0.05) is 77.0 Å². The third-order valence-electron chi connectivity index (χ3n) is 6.19. The zero-order valence-electron chi connectivity index (χ0n) is 18.3. The Balaban J connectivity index is 0.00000121. The van der Waals surface area contributed by atoms with Gasteiger partial charge in [-0.05, 0) is 43.4 Å². The fourth-order valence-electron chi connectivity index (χ4n) is 4.87. The monoisotopic (exact) mass is 537 g/mol. The van der Waals surface area contributed by atoms with E-state index in [1.807, 2.05) is 0 Å². The zero-order valence-corrected chi connectivity index (χ0v) is 22.2. The van der Waals surface area contributed by atoms with E-state index in [2.05, 4.69) is 86.7 Å². The number of aliphatic hydroxyl groups is 1. The molecular weight excluding hydrogens is 514 g/mol. The van der Waals surface area contributed by atoms with Crippen molar-refractivity contribution in [3.63, 3.8) is 0 Å². The van der Waals surface area contributed by atoms with Crippen molar-refractivity contribution in [1.82, 2.24) is 0 Å². The molecule has 2 aliphatic carbocycles. The molecule has 2 aliphatic rings. The van der Waals surface area contributed by atoms with Gasteiger partial charge in [0.15, 0.2) is 0 Å². The fraction of sp³-hybridized carbons (Fsp3) is 0.214. The molecule has 0 aliphatic heterocycles. The van der Waals surface area contributed by atoms with Crippen molar-refractivity contribution in [2.45, 2.75) is 32.6 Å². The van der Waals surface area contributed by atoms with Crippen LogP contribution in [0.4, 0.5) is 0 Å². The van der Waals surface area contributed by atoms with Gasteiger partial charge in [0, 0.05) is 12.5 Å². The number of halogens is 2. The quantitative estimate of drug-likeness (QED) is 0.313. The number of hydrogen-bond donors (Lipinski definition) is 1. The first-order chi connectivity index (χ1) is 14.2. The van der Waals surface area contributed by atoms with Gasteiger partial charge in [-0.3, -0.25) is 0 Å². The summed E-state index contributed by atoms with van der Waals surface area (Å²) in [4.78, 5) is 0. The Morgan fingerprint density at radius 3 is 2.38 bits per heavy atom. The second-order valence-corrected chi connectivity index (χ2v) is 8.20. The van der Waals surface area contributed by atoms with Crippen molar-refractivity contribution in [2.75, 3.05) is 6.61 Å². The van der Waals surface area contributed by atoms with E-state index in [1.165, 1.54) is 54.3 Å². The number of allylic oxidation sites excluding steroid dienone is 2. The van der Waals surface area contributed by atoms with Crippen LogP contribution in [-0.2, 0) is 26.2 Å². The van der Waals surface area contributed by atoms with Crippen LogP contribution in [0.25, 0.3) is 17.2 Å². The summed E-state index contributed by atoms with van der Waals surface area (Å²) >= 11 is 0. The minimum Gasteiger partial charge on any atom is -1.00 e.